The number of halogens is 3. The zero-order chi connectivity index (χ0) is 25.1. The van der Waals surface area contributed by atoms with Crippen LogP contribution < -0.4 is 5.73 Å². The topological polar surface area (TPSA) is 86.3 Å². The number of hydrogen-bond acceptors (Lipinski definition) is 5. The normalized spacial score (nSPS) is 13.7. The van der Waals surface area contributed by atoms with Crippen molar-refractivity contribution < 1.29 is 13.9 Å². The van der Waals surface area contributed by atoms with Crippen molar-refractivity contribution in [3.05, 3.63) is 83.8 Å². The van der Waals surface area contributed by atoms with E-state index in [1.54, 1.807) is 25.6 Å². The summed E-state index contributed by atoms with van der Waals surface area (Å²) in [6.07, 6.45) is 8.36. The summed E-state index contributed by atoms with van der Waals surface area (Å²) in [6.45, 7) is 2.68. The van der Waals surface area contributed by atoms with Gasteiger partial charge >= 0.3 is 0 Å². The van der Waals surface area contributed by atoms with Gasteiger partial charge in [0.25, 0.3) is 5.91 Å². The average molecular weight is 561 g/mol. The third kappa shape index (κ3) is 5.83. The molecule has 1 aliphatic heterocycles. The highest BCUT2D eigenvalue weighted by atomic mass is 35.5. The van der Waals surface area contributed by atoms with Gasteiger partial charge in [0.1, 0.15) is 12.1 Å². The fourth-order valence-corrected chi connectivity index (χ4v) is 5.16. The maximum Gasteiger partial charge on any atom is 0.256 e. The molecule has 4 aromatic rings. The van der Waals surface area contributed by atoms with E-state index in [0.29, 0.717) is 56.8 Å². The van der Waals surface area contributed by atoms with Gasteiger partial charge in [0.15, 0.2) is 0 Å². The SMILES string of the molecule is COCCn1cc(C(=O)N2CCC(c3cc(CN)ccc3F)CC2)c2c(-c3cncnc3)cccc21.Cl.Cl. The summed E-state index contributed by atoms with van der Waals surface area (Å²) in [5.41, 5.74) is 10.8. The van der Waals surface area contributed by atoms with Crippen molar-refractivity contribution in [3.8, 4) is 11.1 Å². The Morgan fingerprint density at radius 1 is 1.13 bits per heavy atom. The van der Waals surface area contributed by atoms with E-state index in [1.807, 2.05) is 35.4 Å². The molecule has 2 N–H and O–H groups in total. The molecule has 0 radical (unpaired) electrons. The number of benzene rings is 2. The van der Waals surface area contributed by atoms with Crippen molar-refractivity contribution in [1.29, 1.82) is 0 Å². The maximum atomic E-state index is 14.6. The Balaban J connectivity index is 0.00000200. The third-order valence-electron chi connectivity index (χ3n) is 7.06. The van der Waals surface area contributed by atoms with Gasteiger partial charge in [-0.05, 0) is 47.6 Å². The van der Waals surface area contributed by atoms with Crippen molar-refractivity contribution in [2.45, 2.75) is 31.8 Å². The highest BCUT2D eigenvalue weighted by molar-refractivity contribution is 6.12. The monoisotopic (exact) mass is 559 g/mol. The summed E-state index contributed by atoms with van der Waals surface area (Å²) in [6, 6.07) is 11.1. The van der Waals surface area contributed by atoms with Gasteiger partial charge in [-0.2, -0.15) is 0 Å². The van der Waals surface area contributed by atoms with Crippen LogP contribution in [0, 0.1) is 5.82 Å². The van der Waals surface area contributed by atoms with Crippen molar-refractivity contribution in [2.24, 2.45) is 5.73 Å². The molecule has 0 atom stereocenters. The van der Waals surface area contributed by atoms with Gasteiger partial charge in [-0.3, -0.25) is 4.79 Å². The molecule has 1 amide bonds. The molecular weight excluding hydrogens is 528 g/mol. The van der Waals surface area contributed by atoms with Gasteiger partial charge in [-0.1, -0.05) is 24.3 Å². The average Bonchev–Trinajstić information content (AvgIpc) is 3.31. The van der Waals surface area contributed by atoms with E-state index in [9.17, 15) is 9.18 Å². The number of ether oxygens (including phenoxy) is 1. The lowest BCUT2D eigenvalue weighted by atomic mass is 9.88. The molecule has 0 aliphatic carbocycles. The molecule has 1 saturated heterocycles. The first-order valence-electron chi connectivity index (χ1n) is 12.2. The predicted octanol–water partition coefficient (Wildman–Crippen LogP) is 5.21. The van der Waals surface area contributed by atoms with E-state index in [0.717, 1.165) is 27.6 Å². The van der Waals surface area contributed by atoms with E-state index < -0.39 is 0 Å². The summed E-state index contributed by atoms with van der Waals surface area (Å²) in [5, 5.41) is 0.886. The molecule has 5 rings (SSSR count). The van der Waals surface area contributed by atoms with Crippen LogP contribution >= 0.6 is 24.8 Å². The van der Waals surface area contributed by atoms with E-state index in [4.69, 9.17) is 10.5 Å². The second kappa shape index (κ2) is 13.2. The summed E-state index contributed by atoms with van der Waals surface area (Å²) in [4.78, 5) is 24.1. The number of piperidine rings is 1. The largest absolute Gasteiger partial charge is 0.383 e. The van der Waals surface area contributed by atoms with Crippen molar-refractivity contribution in [3.63, 3.8) is 0 Å². The van der Waals surface area contributed by atoms with Crippen LogP contribution in [-0.4, -0.2) is 52.1 Å². The van der Waals surface area contributed by atoms with Crippen LogP contribution in [0.15, 0.2) is 61.3 Å². The second-order valence-corrected chi connectivity index (χ2v) is 9.18. The molecule has 1 fully saturated rings. The van der Waals surface area contributed by atoms with Crippen LogP contribution in [0.5, 0.6) is 0 Å². The maximum absolute atomic E-state index is 14.6. The van der Waals surface area contributed by atoms with E-state index in [2.05, 4.69) is 14.5 Å². The molecule has 1 aliphatic rings. The van der Waals surface area contributed by atoms with E-state index >= 15 is 0 Å². The number of carbonyl (C=O) groups is 1. The van der Waals surface area contributed by atoms with Crippen LogP contribution in [0.4, 0.5) is 4.39 Å². The summed E-state index contributed by atoms with van der Waals surface area (Å²) < 4.78 is 21.9. The van der Waals surface area contributed by atoms with Crippen molar-refractivity contribution in [2.75, 3.05) is 26.8 Å². The Kier molecular flexibility index (Phi) is 10.2. The summed E-state index contributed by atoms with van der Waals surface area (Å²) in [5.74, 6) is -0.149. The number of methoxy groups -OCH3 is 1. The van der Waals surface area contributed by atoms with Crippen molar-refractivity contribution in [1.82, 2.24) is 19.4 Å². The van der Waals surface area contributed by atoms with Crippen LogP contribution in [0.2, 0.25) is 0 Å². The molecule has 2 aromatic heterocycles. The first kappa shape index (κ1) is 29.5. The number of aromatic nitrogens is 3. The van der Waals surface area contributed by atoms with Crippen LogP contribution in [-0.2, 0) is 17.8 Å². The fourth-order valence-electron chi connectivity index (χ4n) is 5.16. The van der Waals surface area contributed by atoms with Gasteiger partial charge in [-0.15, -0.1) is 24.8 Å². The Labute approximate surface area is 234 Å². The standard InChI is InChI=1S/C28H30FN5O2.2ClH/c1-36-12-11-34-17-24(27-22(3-2-4-26(27)34)21-15-31-18-32-16-21)28(35)33-9-7-20(8-10-33)23-13-19(14-30)5-6-25(23)29;;/h2-6,13,15-18,20H,7-12,14,30H2,1H3;2*1H. The van der Waals surface area contributed by atoms with Gasteiger partial charge in [0.2, 0.25) is 0 Å². The number of amides is 1. The van der Waals surface area contributed by atoms with Crippen LogP contribution in [0.1, 0.15) is 40.2 Å². The van der Waals surface area contributed by atoms with Gasteiger partial charge in [-0.25, -0.2) is 14.4 Å². The van der Waals surface area contributed by atoms with Crippen LogP contribution in [0.25, 0.3) is 22.0 Å². The molecule has 0 spiro atoms. The number of nitrogens with two attached hydrogens (primary N) is 1. The Hall–Kier alpha value is -3.04. The highest BCUT2D eigenvalue weighted by Gasteiger charge is 2.29. The Bertz CT molecular complexity index is 1370. The Morgan fingerprint density at radius 2 is 1.87 bits per heavy atom. The number of rotatable bonds is 7. The minimum Gasteiger partial charge on any atom is -0.383 e. The number of fused-ring (bicyclic) bond motifs is 1. The third-order valence-corrected chi connectivity index (χ3v) is 7.06. The Morgan fingerprint density at radius 3 is 2.55 bits per heavy atom. The zero-order valence-electron chi connectivity index (χ0n) is 21.2. The molecule has 0 unspecified atom stereocenters. The molecule has 10 heteroatoms. The lowest BCUT2D eigenvalue weighted by molar-refractivity contribution is 0.0714. The highest BCUT2D eigenvalue weighted by Crippen LogP contribution is 2.35. The second-order valence-electron chi connectivity index (χ2n) is 9.18. The van der Waals surface area contributed by atoms with E-state index in [-0.39, 0.29) is 42.5 Å². The minimum atomic E-state index is -0.201. The van der Waals surface area contributed by atoms with E-state index in [1.165, 1.54) is 12.4 Å². The van der Waals surface area contributed by atoms with Crippen LogP contribution in [0.3, 0.4) is 0 Å². The minimum absolute atomic E-state index is 0. The summed E-state index contributed by atoms with van der Waals surface area (Å²) >= 11 is 0. The fraction of sp³-hybridized carbons (Fsp3) is 0.321. The molecule has 0 saturated carbocycles. The zero-order valence-corrected chi connectivity index (χ0v) is 22.8. The number of hydrogen-bond donors (Lipinski definition) is 1. The number of likely N-dealkylation sites (tertiary alicyclic amines) is 1. The molecule has 2 aromatic carbocycles. The predicted molar refractivity (Wildman–Crippen MR) is 152 cm³/mol. The molecule has 3 heterocycles. The quantitative estimate of drug-likeness (QED) is 0.336. The number of nitrogens with zero attached hydrogens (tertiary/aromatic N) is 4. The first-order chi connectivity index (χ1) is 17.6. The smallest absolute Gasteiger partial charge is 0.256 e. The molecule has 0 bridgehead atoms. The van der Waals surface area contributed by atoms with Gasteiger partial charge in [0, 0.05) is 68.3 Å². The van der Waals surface area contributed by atoms with Crippen molar-refractivity contribution >= 4 is 41.6 Å². The first-order valence-corrected chi connectivity index (χ1v) is 12.2. The van der Waals surface area contributed by atoms with Gasteiger partial charge in [0.05, 0.1) is 12.2 Å². The summed E-state index contributed by atoms with van der Waals surface area (Å²) in [7, 11) is 1.67. The lowest BCUT2D eigenvalue weighted by Gasteiger charge is -2.32. The lowest BCUT2D eigenvalue weighted by Crippen LogP contribution is -2.38. The molecule has 202 valence electrons. The molecular formula is C28H32Cl2FN5O2. The number of carbonyl (C=O) groups excluding carboxylic acids is 1. The van der Waals surface area contributed by atoms with Gasteiger partial charge < -0.3 is 19.9 Å². The molecule has 7 nitrogen and oxygen atoms in total. The molecule has 38 heavy (non-hydrogen) atoms.